The molecule has 0 N–H and O–H groups in total. The van der Waals surface area contributed by atoms with Crippen molar-refractivity contribution in [2.45, 2.75) is 72.0 Å². The largest absolute Gasteiger partial charge is 0.341 e. The van der Waals surface area contributed by atoms with Crippen LogP contribution >= 0.6 is 0 Å². The van der Waals surface area contributed by atoms with Gasteiger partial charge in [0.2, 0.25) is 5.91 Å². The van der Waals surface area contributed by atoms with Crippen molar-refractivity contribution in [2.24, 2.45) is 5.92 Å². The molecule has 1 atom stereocenters. The van der Waals surface area contributed by atoms with Gasteiger partial charge in [0.05, 0.1) is 0 Å². The van der Waals surface area contributed by atoms with Gasteiger partial charge < -0.3 is 4.90 Å². The third-order valence-electron chi connectivity index (χ3n) is 6.43. The lowest BCUT2D eigenvalue weighted by Gasteiger charge is -2.51. The van der Waals surface area contributed by atoms with Crippen LogP contribution in [0.1, 0.15) is 59.7 Å². The molecule has 0 bridgehead atoms. The van der Waals surface area contributed by atoms with Crippen molar-refractivity contribution in [1.82, 2.24) is 34.9 Å². The quantitative estimate of drug-likeness (QED) is 0.733. The van der Waals surface area contributed by atoms with E-state index in [9.17, 15) is 4.79 Å². The molecule has 3 rings (SSSR count). The fourth-order valence-electron chi connectivity index (χ4n) is 4.62. The van der Waals surface area contributed by atoms with Crippen molar-refractivity contribution in [2.75, 3.05) is 39.3 Å². The van der Waals surface area contributed by atoms with Crippen molar-refractivity contribution in [3.63, 3.8) is 0 Å². The van der Waals surface area contributed by atoms with E-state index in [1.165, 1.54) is 0 Å². The highest BCUT2D eigenvalue weighted by atomic mass is 16.2. The van der Waals surface area contributed by atoms with Crippen LogP contribution in [0.25, 0.3) is 0 Å². The fourth-order valence-corrected chi connectivity index (χ4v) is 4.62. The number of tetrazole rings is 1. The predicted molar refractivity (Wildman–Crippen MR) is 109 cm³/mol. The molecular weight excluding hydrogens is 354 g/mol. The number of piperazine rings is 1. The third-order valence-corrected chi connectivity index (χ3v) is 6.43. The van der Waals surface area contributed by atoms with Crippen LogP contribution in [0.2, 0.25) is 0 Å². The van der Waals surface area contributed by atoms with Crippen LogP contribution < -0.4 is 0 Å². The van der Waals surface area contributed by atoms with Gasteiger partial charge in [-0.3, -0.25) is 14.6 Å². The van der Waals surface area contributed by atoms with Crippen LogP contribution in [0, 0.1) is 5.92 Å². The molecule has 8 heteroatoms. The molecule has 0 spiro atoms. The van der Waals surface area contributed by atoms with Gasteiger partial charge in [0.15, 0.2) is 5.82 Å². The van der Waals surface area contributed by atoms with E-state index in [0.29, 0.717) is 18.5 Å². The topological polar surface area (TPSA) is 70.4 Å². The molecule has 0 saturated carbocycles. The summed E-state index contributed by atoms with van der Waals surface area (Å²) in [5, 5.41) is 12.9. The Hall–Kier alpha value is -1.54. The van der Waals surface area contributed by atoms with Gasteiger partial charge in [0, 0.05) is 58.8 Å². The van der Waals surface area contributed by atoms with Gasteiger partial charge in [0.25, 0.3) is 0 Å². The smallest absolute Gasteiger partial charge is 0.219 e. The van der Waals surface area contributed by atoms with E-state index in [-0.39, 0.29) is 11.4 Å². The first-order valence-electron chi connectivity index (χ1n) is 10.8. The molecule has 1 amide bonds. The summed E-state index contributed by atoms with van der Waals surface area (Å²) in [5.41, 5.74) is -0.284. The van der Waals surface area contributed by atoms with E-state index in [1.807, 2.05) is 9.58 Å². The van der Waals surface area contributed by atoms with Crippen molar-refractivity contribution in [3.8, 4) is 0 Å². The molecule has 3 heterocycles. The van der Waals surface area contributed by atoms with E-state index in [4.69, 9.17) is 0 Å². The number of nitrogens with zero attached hydrogens (tertiary/aromatic N) is 7. The molecule has 1 aromatic heterocycles. The first kappa shape index (κ1) is 21.2. The minimum absolute atomic E-state index is 0.145. The molecular formula is C20H37N7O. The second-order valence-corrected chi connectivity index (χ2v) is 9.10. The van der Waals surface area contributed by atoms with Crippen molar-refractivity contribution < 1.29 is 4.79 Å². The average Bonchev–Trinajstić information content (AvgIpc) is 3.15. The Kier molecular flexibility index (Phi) is 6.70. The molecule has 158 valence electrons. The summed E-state index contributed by atoms with van der Waals surface area (Å²) < 4.78 is 2.00. The monoisotopic (exact) mass is 391 g/mol. The Bertz CT molecular complexity index is 651. The number of rotatable bonds is 6. The van der Waals surface area contributed by atoms with Crippen LogP contribution in [-0.2, 0) is 16.9 Å². The Morgan fingerprint density at radius 2 is 1.82 bits per heavy atom. The second kappa shape index (κ2) is 8.86. The van der Waals surface area contributed by atoms with E-state index in [1.54, 1.807) is 6.92 Å². The van der Waals surface area contributed by atoms with E-state index in [0.717, 1.165) is 64.4 Å². The van der Waals surface area contributed by atoms with E-state index in [2.05, 4.69) is 53.0 Å². The first-order valence-corrected chi connectivity index (χ1v) is 10.8. The van der Waals surface area contributed by atoms with Crippen LogP contribution in [0.15, 0.2) is 0 Å². The number of carbonyl (C=O) groups is 1. The molecule has 0 unspecified atom stereocenters. The molecule has 0 radical (unpaired) electrons. The second-order valence-electron chi connectivity index (χ2n) is 9.10. The summed E-state index contributed by atoms with van der Waals surface area (Å²) in [4.78, 5) is 19.3. The maximum atomic E-state index is 12.2. The van der Waals surface area contributed by atoms with Crippen molar-refractivity contribution in [1.29, 1.82) is 0 Å². The lowest BCUT2D eigenvalue weighted by molar-refractivity contribution is -0.134. The summed E-state index contributed by atoms with van der Waals surface area (Å²) in [6, 6.07) is 0.564. The van der Waals surface area contributed by atoms with Crippen LogP contribution in [0.3, 0.4) is 0 Å². The minimum atomic E-state index is -0.284. The number of amides is 1. The van der Waals surface area contributed by atoms with Crippen LogP contribution in [-0.4, -0.2) is 86.1 Å². The molecule has 0 aliphatic carbocycles. The summed E-state index contributed by atoms with van der Waals surface area (Å²) in [7, 11) is 0. The molecule has 0 aromatic carbocycles. The highest BCUT2D eigenvalue weighted by Crippen LogP contribution is 2.37. The van der Waals surface area contributed by atoms with Gasteiger partial charge in [-0.25, -0.2) is 4.68 Å². The van der Waals surface area contributed by atoms with Gasteiger partial charge in [-0.2, -0.15) is 0 Å². The Morgan fingerprint density at radius 3 is 2.43 bits per heavy atom. The zero-order valence-electron chi connectivity index (χ0n) is 18.3. The lowest BCUT2D eigenvalue weighted by atomic mass is 9.85. The summed E-state index contributed by atoms with van der Waals surface area (Å²) >= 11 is 0. The zero-order chi connectivity index (χ0) is 20.3. The Balaban J connectivity index is 1.90. The number of piperidine rings is 1. The number of hydrogen-bond donors (Lipinski definition) is 0. The van der Waals surface area contributed by atoms with E-state index >= 15 is 0 Å². The predicted octanol–water partition coefficient (Wildman–Crippen LogP) is 1.58. The maximum Gasteiger partial charge on any atom is 0.219 e. The number of likely N-dealkylation sites (tertiary alicyclic amines) is 1. The number of aromatic nitrogens is 4. The lowest BCUT2D eigenvalue weighted by Crippen LogP contribution is -2.63. The number of hydrogen-bond acceptors (Lipinski definition) is 6. The Morgan fingerprint density at radius 1 is 1.11 bits per heavy atom. The SMILES string of the molecule is CC(=O)N1CCC[C@](c2nnnn2CCC(C)C)(N2CCN(C(C)C)CC2)C1. The molecule has 2 fully saturated rings. The molecule has 1 aromatic rings. The zero-order valence-corrected chi connectivity index (χ0v) is 18.3. The fraction of sp³-hybridized carbons (Fsp3) is 0.900. The molecule has 2 saturated heterocycles. The van der Waals surface area contributed by atoms with Crippen LogP contribution in [0.5, 0.6) is 0 Å². The van der Waals surface area contributed by atoms with Gasteiger partial charge in [-0.05, 0) is 49.5 Å². The molecule has 28 heavy (non-hydrogen) atoms. The summed E-state index contributed by atoms with van der Waals surface area (Å²) in [6.45, 7) is 17.1. The summed E-state index contributed by atoms with van der Waals surface area (Å²) in [6.07, 6.45) is 3.03. The summed E-state index contributed by atoms with van der Waals surface area (Å²) in [5.74, 6) is 1.69. The van der Waals surface area contributed by atoms with Gasteiger partial charge in [0.1, 0.15) is 5.54 Å². The third kappa shape index (κ3) is 4.38. The maximum absolute atomic E-state index is 12.2. The number of aryl methyl sites for hydroxylation is 1. The average molecular weight is 392 g/mol. The van der Waals surface area contributed by atoms with Gasteiger partial charge in [-0.15, -0.1) is 5.10 Å². The molecule has 2 aliphatic rings. The Labute approximate surface area is 169 Å². The molecule has 2 aliphatic heterocycles. The van der Waals surface area contributed by atoms with Gasteiger partial charge >= 0.3 is 0 Å². The van der Waals surface area contributed by atoms with Gasteiger partial charge in [-0.1, -0.05) is 13.8 Å². The van der Waals surface area contributed by atoms with Crippen LogP contribution in [0.4, 0.5) is 0 Å². The normalized spacial score (nSPS) is 25.0. The highest BCUT2D eigenvalue weighted by molar-refractivity contribution is 5.73. The van der Waals surface area contributed by atoms with Crippen molar-refractivity contribution >= 4 is 5.91 Å². The standard InChI is InChI=1S/C20H37N7O/c1-16(2)7-10-27-19(21-22-23-27)20(8-6-9-25(15-20)18(5)28)26-13-11-24(12-14-26)17(3)4/h16-17H,6-15H2,1-5H3/t20-/m0/s1. The highest BCUT2D eigenvalue weighted by Gasteiger charge is 2.47. The minimum Gasteiger partial charge on any atom is -0.341 e. The van der Waals surface area contributed by atoms with Crippen molar-refractivity contribution in [3.05, 3.63) is 5.82 Å². The van der Waals surface area contributed by atoms with E-state index < -0.39 is 0 Å². The first-order chi connectivity index (χ1) is 13.3. The number of carbonyl (C=O) groups excluding carboxylic acids is 1. The molecule has 8 nitrogen and oxygen atoms in total.